The van der Waals surface area contributed by atoms with Crippen molar-refractivity contribution in [1.82, 2.24) is 4.90 Å². The summed E-state index contributed by atoms with van der Waals surface area (Å²) < 4.78 is 5.57. The van der Waals surface area contributed by atoms with Gasteiger partial charge in [0.25, 0.3) is 0 Å². The second-order valence-corrected chi connectivity index (χ2v) is 6.68. The maximum atomic E-state index is 12.3. The summed E-state index contributed by atoms with van der Waals surface area (Å²) >= 11 is 5.87. The molecule has 0 aliphatic heterocycles. The number of nitrogens with one attached hydrogen (secondary N) is 1. The smallest absolute Gasteiger partial charge is 0.244 e. The molecule has 5 nitrogen and oxygen atoms in total. The van der Waals surface area contributed by atoms with Crippen LogP contribution in [0, 0.1) is 0 Å². The predicted molar refractivity (Wildman–Crippen MR) is 103 cm³/mol. The van der Waals surface area contributed by atoms with Gasteiger partial charge >= 0.3 is 0 Å². The van der Waals surface area contributed by atoms with E-state index in [0.29, 0.717) is 17.3 Å². The van der Waals surface area contributed by atoms with E-state index >= 15 is 0 Å². The Morgan fingerprint density at radius 2 is 1.69 bits per heavy atom. The number of halogens is 1. The molecule has 0 saturated carbocycles. The summed E-state index contributed by atoms with van der Waals surface area (Å²) in [5, 5.41) is 3.42. The van der Waals surface area contributed by atoms with Gasteiger partial charge in [-0.25, -0.2) is 0 Å². The molecular weight excluding hydrogens is 352 g/mol. The molecule has 138 valence electrons. The van der Waals surface area contributed by atoms with Crippen molar-refractivity contribution in [1.29, 1.82) is 0 Å². The number of benzene rings is 2. The number of hydrogen-bond donors (Lipinski definition) is 1. The highest BCUT2D eigenvalue weighted by molar-refractivity contribution is 6.30. The number of nitrogens with zero attached hydrogens (tertiary/aromatic N) is 1. The topological polar surface area (TPSA) is 58.6 Å². The number of carbonyl (C=O) groups excluding carboxylic acids is 2. The third kappa shape index (κ3) is 6.41. The van der Waals surface area contributed by atoms with Gasteiger partial charge in [-0.15, -0.1) is 0 Å². The van der Waals surface area contributed by atoms with Crippen LogP contribution in [0.2, 0.25) is 5.02 Å². The van der Waals surface area contributed by atoms with Crippen molar-refractivity contribution in [3.05, 3.63) is 59.1 Å². The van der Waals surface area contributed by atoms with Crippen molar-refractivity contribution >= 4 is 29.1 Å². The Labute approximate surface area is 158 Å². The second-order valence-electron chi connectivity index (χ2n) is 6.24. The number of hydrogen-bond acceptors (Lipinski definition) is 3. The van der Waals surface area contributed by atoms with Gasteiger partial charge in [-0.2, -0.15) is 0 Å². The zero-order valence-corrected chi connectivity index (χ0v) is 15.9. The van der Waals surface area contributed by atoms with Gasteiger partial charge in [-0.3, -0.25) is 9.59 Å². The van der Waals surface area contributed by atoms with Crippen molar-refractivity contribution in [2.45, 2.75) is 33.4 Å². The Balaban J connectivity index is 1.94. The number of carbonyl (C=O) groups is 2. The fourth-order valence-corrected chi connectivity index (χ4v) is 2.48. The number of rotatable bonds is 7. The number of anilines is 1. The van der Waals surface area contributed by atoms with E-state index in [9.17, 15) is 9.59 Å². The maximum absolute atomic E-state index is 12.3. The van der Waals surface area contributed by atoms with Crippen LogP contribution < -0.4 is 10.1 Å². The minimum Gasteiger partial charge on any atom is -0.491 e. The summed E-state index contributed by atoms with van der Waals surface area (Å²) in [5.41, 5.74) is 1.56. The van der Waals surface area contributed by atoms with Crippen LogP contribution in [0.4, 0.5) is 5.69 Å². The molecule has 2 rings (SSSR count). The van der Waals surface area contributed by atoms with E-state index in [0.717, 1.165) is 11.3 Å². The number of amides is 2. The van der Waals surface area contributed by atoms with Gasteiger partial charge in [0.05, 0.1) is 6.10 Å². The molecule has 0 aliphatic carbocycles. The highest BCUT2D eigenvalue weighted by Crippen LogP contribution is 2.17. The van der Waals surface area contributed by atoms with E-state index in [4.69, 9.17) is 16.3 Å². The van der Waals surface area contributed by atoms with Crippen LogP contribution in [0.3, 0.4) is 0 Å². The first-order chi connectivity index (χ1) is 12.3. The van der Waals surface area contributed by atoms with Crippen LogP contribution in [0.1, 0.15) is 26.3 Å². The van der Waals surface area contributed by atoms with Crippen molar-refractivity contribution in [3.63, 3.8) is 0 Å². The minimum atomic E-state index is -0.258. The third-order valence-corrected chi connectivity index (χ3v) is 3.83. The standard InChI is InChI=1S/C20H23ClN2O3/c1-14(2)26-19-10-8-18(9-11-19)22-20(25)13-23(15(3)24)12-16-4-6-17(21)7-5-16/h4-11,14H,12-13H2,1-3H3,(H,22,25). The van der Waals surface area contributed by atoms with Crippen LogP contribution in [0.25, 0.3) is 0 Å². The molecule has 0 bridgehead atoms. The molecule has 0 spiro atoms. The maximum Gasteiger partial charge on any atom is 0.244 e. The van der Waals surface area contributed by atoms with Gasteiger partial charge in [-0.05, 0) is 55.8 Å². The van der Waals surface area contributed by atoms with Crippen LogP contribution >= 0.6 is 11.6 Å². The third-order valence-electron chi connectivity index (χ3n) is 3.58. The Kier molecular flexibility index (Phi) is 7.04. The summed E-state index contributed by atoms with van der Waals surface area (Å²) in [6, 6.07) is 14.3. The average molecular weight is 375 g/mol. The predicted octanol–water partition coefficient (Wildman–Crippen LogP) is 4.11. The molecular formula is C20H23ClN2O3. The van der Waals surface area contributed by atoms with Gasteiger partial charge in [0, 0.05) is 24.2 Å². The lowest BCUT2D eigenvalue weighted by atomic mass is 10.2. The van der Waals surface area contributed by atoms with E-state index in [1.165, 1.54) is 11.8 Å². The highest BCUT2D eigenvalue weighted by Gasteiger charge is 2.14. The van der Waals surface area contributed by atoms with Gasteiger partial charge in [0.2, 0.25) is 11.8 Å². The van der Waals surface area contributed by atoms with Gasteiger partial charge < -0.3 is 15.0 Å². The van der Waals surface area contributed by atoms with Gasteiger partial charge in [-0.1, -0.05) is 23.7 Å². The molecule has 1 N–H and O–H groups in total. The molecule has 0 atom stereocenters. The van der Waals surface area contributed by atoms with Crippen molar-refractivity contribution in [2.75, 3.05) is 11.9 Å². The molecule has 0 unspecified atom stereocenters. The van der Waals surface area contributed by atoms with E-state index in [1.54, 1.807) is 36.4 Å². The van der Waals surface area contributed by atoms with E-state index in [2.05, 4.69) is 5.32 Å². The summed E-state index contributed by atoms with van der Waals surface area (Å²) in [5.74, 6) is 0.313. The molecule has 2 aromatic rings. The normalized spacial score (nSPS) is 10.5. The molecule has 26 heavy (non-hydrogen) atoms. The monoisotopic (exact) mass is 374 g/mol. The van der Waals surface area contributed by atoms with Crippen LogP contribution in [0.15, 0.2) is 48.5 Å². The largest absolute Gasteiger partial charge is 0.491 e. The van der Waals surface area contributed by atoms with Crippen molar-refractivity contribution in [2.24, 2.45) is 0 Å². The van der Waals surface area contributed by atoms with Crippen LogP contribution in [0.5, 0.6) is 5.75 Å². The highest BCUT2D eigenvalue weighted by atomic mass is 35.5. The Bertz CT molecular complexity index is 743. The van der Waals surface area contributed by atoms with E-state index < -0.39 is 0 Å². The lowest BCUT2D eigenvalue weighted by molar-refractivity contribution is -0.133. The lowest BCUT2D eigenvalue weighted by Gasteiger charge is -2.21. The molecule has 0 aromatic heterocycles. The quantitative estimate of drug-likeness (QED) is 0.793. The van der Waals surface area contributed by atoms with Crippen molar-refractivity contribution < 1.29 is 14.3 Å². The Hall–Kier alpha value is -2.53. The van der Waals surface area contributed by atoms with Crippen LogP contribution in [-0.4, -0.2) is 29.4 Å². The van der Waals surface area contributed by atoms with E-state index in [-0.39, 0.29) is 24.5 Å². The molecule has 2 aromatic carbocycles. The molecule has 2 amide bonds. The average Bonchev–Trinajstić information content (AvgIpc) is 2.57. The molecule has 0 fully saturated rings. The summed E-state index contributed by atoms with van der Waals surface area (Å²) in [7, 11) is 0. The second kappa shape index (κ2) is 9.25. The van der Waals surface area contributed by atoms with Crippen molar-refractivity contribution in [3.8, 4) is 5.75 Å². The summed E-state index contributed by atoms with van der Waals surface area (Å²) in [6.07, 6.45) is 0.0902. The summed E-state index contributed by atoms with van der Waals surface area (Å²) in [6.45, 7) is 5.67. The van der Waals surface area contributed by atoms with Gasteiger partial charge in [0.1, 0.15) is 12.3 Å². The first-order valence-electron chi connectivity index (χ1n) is 8.40. The first-order valence-corrected chi connectivity index (χ1v) is 8.78. The summed E-state index contributed by atoms with van der Waals surface area (Å²) in [4.78, 5) is 25.6. The molecule has 6 heteroatoms. The molecule has 0 radical (unpaired) electrons. The zero-order chi connectivity index (χ0) is 19.1. The van der Waals surface area contributed by atoms with Gasteiger partial charge in [0.15, 0.2) is 0 Å². The fraction of sp³-hybridized carbons (Fsp3) is 0.300. The van der Waals surface area contributed by atoms with E-state index in [1.807, 2.05) is 26.0 Å². The fourth-order valence-electron chi connectivity index (χ4n) is 2.35. The zero-order valence-electron chi connectivity index (χ0n) is 15.2. The molecule has 0 saturated heterocycles. The molecule has 0 aliphatic rings. The SMILES string of the molecule is CC(=O)N(CC(=O)Nc1ccc(OC(C)C)cc1)Cc1ccc(Cl)cc1. The minimum absolute atomic E-state index is 0.0256. The molecule has 0 heterocycles. The first kappa shape index (κ1) is 19.8. The Morgan fingerprint density at radius 3 is 2.23 bits per heavy atom. The Morgan fingerprint density at radius 1 is 1.08 bits per heavy atom. The number of ether oxygens (including phenoxy) is 1. The van der Waals surface area contributed by atoms with Crippen LogP contribution in [-0.2, 0) is 16.1 Å². The lowest BCUT2D eigenvalue weighted by Crippen LogP contribution is -2.36.